The molecule has 2 aromatic carbocycles. The average molecular weight is 417 g/mol. The van der Waals surface area contributed by atoms with Gasteiger partial charge in [-0.3, -0.25) is 9.63 Å². The number of nitrogens with one attached hydrogen (secondary N) is 1. The van der Waals surface area contributed by atoms with Crippen LogP contribution in [0.2, 0.25) is 10.0 Å². The zero-order valence-corrected chi connectivity index (χ0v) is 16.5. The van der Waals surface area contributed by atoms with Crippen molar-refractivity contribution < 1.29 is 18.0 Å². The fourth-order valence-electron chi connectivity index (χ4n) is 2.15. The van der Waals surface area contributed by atoms with E-state index < -0.39 is 15.9 Å². The van der Waals surface area contributed by atoms with Gasteiger partial charge in [-0.15, -0.1) is 0 Å². The van der Waals surface area contributed by atoms with E-state index in [9.17, 15) is 13.2 Å². The molecule has 6 nitrogen and oxygen atoms in total. The largest absolute Gasteiger partial charge is 0.352 e. The summed E-state index contributed by atoms with van der Waals surface area (Å²) in [5.41, 5.74) is 1.09. The van der Waals surface area contributed by atoms with Gasteiger partial charge >= 0.3 is 0 Å². The summed E-state index contributed by atoms with van der Waals surface area (Å²) in [4.78, 5) is 17.0. The molecule has 2 rings (SSSR count). The standard InChI is InChI=1S/C17H18Cl2N2O4S/c1-21(25-2)26(23,24)14-7-8-16(19)15(11-14)17(22)20-10-9-12-3-5-13(18)6-4-12/h3-8,11H,9-10H2,1-2H3,(H,20,22). The first-order chi connectivity index (χ1) is 12.3. The quantitative estimate of drug-likeness (QED) is 0.703. The number of amides is 1. The zero-order valence-electron chi connectivity index (χ0n) is 14.2. The minimum Gasteiger partial charge on any atom is -0.352 e. The minimum absolute atomic E-state index is 0.0772. The first kappa shape index (κ1) is 20.7. The van der Waals surface area contributed by atoms with Gasteiger partial charge in [-0.2, -0.15) is 0 Å². The number of rotatable bonds is 7. The van der Waals surface area contributed by atoms with E-state index in [1.54, 1.807) is 12.1 Å². The Hall–Kier alpha value is -1.64. The molecule has 9 heteroatoms. The molecular formula is C17H18Cl2N2O4S. The van der Waals surface area contributed by atoms with Crippen LogP contribution in [0.5, 0.6) is 0 Å². The van der Waals surface area contributed by atoms with Crippen LogP contribution in [0, 0.1) is 0 Å². The molecule has 0 aliphatic heterocycles. The van der Waals surface area contributed by atoms with Gasteiger partial charge in [0.05, 0.1) is 22.6 Å². The van der Waals surface area contributed by atoms with Crippen LogP contribution >= 0.6 is 23.2 Å². The molecule has 0 heterocycles. The van der Waals surface area contributed by atoms with E-state index >= 15 is 0 Å². The lowest BCUT2D eigenvalue weighted by molar-refractivity contribution is -0.0258. The molecule has 1 amide bonds. The summed E-state index contributed by atoms with van der Waals surface area (Å²) in [5, 5.41) is 3.53. The van der Waals surface area contributed by atoms with Crippen molar-refractivity contribution in [3.05, 3.63) is 63.6 Å². The second-order valence-corrected chi connectivity index (χ2v) is 8.15. The topological polar surface area (TPSA) is 75.7 Å². The summed E-state index contributed by atoms with van der Waals surface area (Å²) >= 11 is 11.9. The van der Waals surface area contributed by atoms with E-state index in [4.69, 9.17) is 28.0 Å². The number of sulfonamides is 1. The molecule has 140 valence electrons. The fourth-order valence-corrected chi connectivity index (χ4v) is 3.48. The van der Waals surface area contributed by atoms with Gasteiger partial charge in [0.2, 0.25) is 0 Å². The predicted octanol–water partition coefficient (Wildman–Crippen LogP) is 3.15. The maximum absolute atomic E-state index is 12.4. The second-order valence-electron chi connectivity index (χ2n) is 5.37. The van der Waals surface area contributed by atoms with Crippen molar-refractivity contribution >= 4 is 39.1 Å². The molecule has 0 aliphatic carbocycles. The maximum Gasteiger partial charge on any atom is 0.264 e. The number of hydrogen-bond acceptors (Lipinski definition) is 4. The molecule has 0 fully saturated rings. The minimum atomic E-state index is -3.87. The van der Waals surface area contributed by atoms with E-state index in [0.29, 0.717) is 22.5 Å². The first-order valence-corrected chi connectivity index (χ1v) is 9.80. The van der Waals surface area contributed by atoms with Crippen LogP contribution in [0.3, 0.4) is 0 Å². The van der Waals surface area contributed by atoms with Crippen LogP contribution < -0.4 is 5.32 Å². The zero-order chi connectivity index (χ0) is 19.3. The Kier molecular flexibility index (Phi) is 7.02. The number of hydrogen-bond donors (Lipinski definition) is 1. The molecule has 1 N–H and O–H groups in total. The van der Waals surface area contributed by atoms with Gasteiger partial charge < -0.3 is 5.32 Å². The monoisotopic (exact) mass is 416 g/mol. The van der Waals surface area contributed by atoms with E-state index in [0.717, 1.165) is 5.56 Å². The van der Waals surface area contributed by atoms with Crippen molar-refractivity contribution in [2.24, 2.45) is 0 Å². The first-order valence-electron chi connectivity index (χ1n) is 7.61. The molecule has 0 unspecified atom stereocenters. The highest BCUT2D eigenvalue weighted by Gasteiger charge is 2.23. The Morgan fingerprint density at radius 1 is 1.15 bits per heavy atom. The van der Waals surface area contributed by atoms with Gasteiger partial charge in [0.25, 0.3) is 15.9 Å². The van der Waals surface area contributed by atoms with Crippen molar-refractivity contribution in [2.45, 2.75) is 11.3 Å². The van der Waals surface area contributed by atoms with Gasteiger partial charge in [0, 0.05) is 18.6 Å². The smallest absolute Gasteiger partial charge is 0.264 e. The number of benzene rings is 2. The van der Waals surface area contributed by atoms with Gasteiger partial charge in [0.1, 0.15) is 0 Å². The molecular weight excluding hydrogens is 399 g/mol. The number of carbonyl (C=O) groups excluding carboxylic acids is 1. The van der Waals surface area contributed by atoms with Crippen molar-refractivity contribution in [1.82, 2.24) is 9.79 Å². The molecule has 26 heavy (non-hydrogen) atoms. The average Bonchev–Trinajstić information content (AvgIpc) is 2.62. The van der Waals surface area contributed by atoms with Gasteiger partial charge in [-0.05, 0) is 42.3 Å². The molecule has 0 atom stereocenters. The number of hydroxylamine groups is 1. The Labute approximate surface area is 162 Å². The van der Waals surface area contributed by atoms with Gasteiger partial charge in [0.15, 0.2) is 0 Å². The molecule has 0 spiro atoms. The fraction of sp³-hybridized carbons (Fsp3) is 0.235. The third-order valence-electron chi connectivity index (χ3n) is 3.69. The van der Waals surface area contributed by atoms with Crippen LogP contribution in [0.1, 0.15) is 15.9 Å². The van der Waals surface area contributed by atoms with Crippen LogP contribution in [0.25, 0.3) is 0 Å². The molecule has 0 saturated carbocycles. The summed E-state index contributed by atoms with van der Waals surface area (Å²) in [5.74, 6) is -0.457. The molecule has 0 aliphatic rings. The third kappa shape index (κ3) is 4.96. The van der Waals surface area contributed by atoms with E-state index in [-0.39, 0.29) is 15.5 Å². The van der Waals surface area contributed by atoms with Crippen LogP contribution in [-0.4, -0.2) is 39.5 Å². The van der Waals surface area contributed by atoms with E-state index in [2.05, 4.69) is 5.32 Å². The Morgan fingerprint density at radius 3 is 2.42 bits per heavy atom. The lowest BCUT2D eigenvalue weighted by Crippen LogP contribution is -2.28. The second kappa shape index (κ2) is 8.83. The highest BCUT2D eigenvalue weighted by atomic mass is 35.5. The highest BCUT2D eigenvalue weighted by molar-refractivity contribution is 7.89. The summed E-state index contributed by atoms with van der Waals surface area (Å²) in [6.45, 7) is 0.367. The van der Waals surface area contributed by atoms with E-state index in [1.807, 2.05) is 12.1 Å². The number of nitrogens with zero attached hydrogens (tertiary/aromatic N) is 1. The lowest BCUT2D eigenvalue weighted by atomic mass is 10.1. The molecule has 0 radical (unpaired) electrons. The van der Waals surface area contributed by atoms with E-state index in [1.165, 1.54) is 32.4 Å². The van der Waals surface area contributed by atoms with Gasteiger partial charge in [-0.1, -0.05) is 39.8 Å². The Balaban J connectivity index is 2.10. The Morgan fingerprint density at radius 2 is 1.81 bits per heavy atom. The Bertz CT molecular complexity index is 886. The van der Waals surface area contributed by atoms with Crippen molar-refractivity contribution in [1.29, 1.82) is 0 Å². The summed E-state index contributed by atoms with van der Waals surface area (Å²) in [6.07, 6.45) is 0.602. The number of halogens is 2. The summed E-state index contributed by atoms with van der Waals surface area (Å²) in [7, 11) is -1.38. The lowest BCUT2D eigenvalue weighted by Gasteiger charge is -2.15. The van der Waals surface area contributed by atoms with Crippen LogP contribution in [0.15, 0.2) is 47.4 Å². The molecule has 0 bridgehead atoms. The van der Waals surface area contributed by atoms with Crippen molar-refractivity contribution in [3.63, 3.8) is 0 Å². The molecule has 0 saturated heterocycles. The summed E-state index contributed by atoms with van der Waals surface area (Å²) in [6, 6.07) is 11.2. The summed E-state index contributed by atoms with van der Waals surface area (Å²) < 4.78 is 25.3. The normalized spacial score (nSPS) is 11.6. The number of carbonyl (C=O) groups is 1. The third-order valence-corrected chi connectivity index (χ3v) is 5.95. The molecule has 0 aromatic heterocycles. The maximum atomic E-state index is 12.4. The van der Waals surface area contributed by atoms with Gasteiger partial charge in [-0.25, -0.2) is 8.42 Å². The van der Waals surface area contributed by atoms with Crippen molar-refractivity contribution in [3.8, 4) is 0 Å². The van der Waals surface area contributed by atoms with Crippen LogP contribution in [-0.2, 0) is 21.3 Å². The molecule has 2 aromatic rings. The highest BCUT2D eigenvalue weighted by Crippen LogP contribution is 2.22. The predicted molar refractivity (Wildman–Crippen MR) is 101 cm³/mol. The SMILES string of the molecule is CON(C)S(=O)(=O)c1ccc(Cl)c(C(=O)NCCc2ccc(Cl)cc2)c1. The van der Waals surface area contributed by atoms with Crippen LogP contribution in [0.4, 0.5) is 0 Å². The van der Waals surface area contributed by atoms with Crippen molar-refractivity contribution in [2.75, 3.05) is 20.7 Å².